The van der Waals surface area contributed by atoms with Crippen LogP contribution >= 0.6 is 0 Å². The Morgan fingerprint density at radius 3 is 2.50 bits per heavy atom. The minimum Gasteiger partial charge on any atom is -0.396 e. The number of fused-ring (bicyclic) bond motifs is 1. The molecule has 1 aliphatic rings. The summed E-state index contributed by atoms with van der Waals surface area (Å²) in [6.07, 6.45) is -3.00. The van der Waals surface area contributed by atoms with Crippen LogP contribution in [0.2, 0.25) is 0 Å². The lowest BCUT2D eigenvalue weighted by Gasteiger charge is -2.34. The van der Waals surface area contributed by atoms with Crippen molar-refractivity contribution in [3.8, 4) is 0 Å². The molecule has 1 amide bonds. The molecule has 0 bridgehead atoms. The number of benzene rings is 1. The molecule has 1 aliphatic heterocycles. The number of aromatic nitrogens is 2. The lowest BCUT2D eigenvalue weighted by Crippen LogP contribution is -2.47. The van der Waals surface area contributed by atoms with Gasteiger partial charge in [-0.2, -0.15) is 18.3 Å². The Morgan fingerprint density at radius 2 is 1.91 bits per heavy atom. The van der Waals surface area contributed by atoms with Crippen molar-refractivity contribution in [1.29, 1.82) is 0 Å². The van der Waals surface area contributed by atoms with Crippen LogP contribution in [0.1, 0.15) is 23.0 Å². The number of hydrogen-bond donors (Lipinski definition) is 1. The number of halogens is 3. The van der Waals surface area contributed by atoms with E-state index < -0.39 is 11.7 Å². The van der Waals surface area contributed by atoms with Crippen LogP contribution in [-0.2, 0) is 12.7 Å². The lowest BCUT2D eigenvalue weighted by molar-refractivity contribution is -0.137. The third-order valence-electron chi connectivity index (χ3n) is 3.64. The van der Waals surface area contributed by atoms with E-state index in [9.17, 15) is 18.0 Å². The highest BCUT2D eigenvalue weighted by Gasteiger charge is 2.35. The van der Waals surface area contributed by atoms with Crippen LogP contribution in [-0.4, -0.2) is 21.7 Å². The van der Waals surface area contributed by atoms with Crippen molar-refractivity contribution in [2.24, 2.45) is 0 Å². The normalized spacial score (nSPS) is 18.5. The van der Waals surface area contributed by atoms with Gasteiger partial charge in [-0.1, -0.05) is 0 Å². The summed E-state index contributed by atoms with van der Waals surface area (Å²) in [6.45, 7) is 2.23. The largest absolute Gasteiger partial charge is 0.416 e. The summed E-state index contributed by atoms with van der Waals surface area (Å²) in [7, 11) is 0. The molecular formula is C14H13F3N4O. The second-order valence-electron chi connectivity index (χ2n) is 5.20. The smallest absolute Gasteiger partial charge is 0.396 e. The molecule has 1 atom stereocenters. The summed E-state index contributed by atoms with van der Waals surface area (Å²) in [5, 5.41) is 4.03. The van der Waals surface area contributed by atoms with Gasteiger partial charge in [-0.3, -0.25) is 9.48 Å². The molecule has 1 aromatic carbocycles. The van der Waals surface area contributed by atoms with Gasteiger partial charge in [0, 0.05) is 5.69 Å². The van der Waals surface area contributed by atoms with Crippen molar-refractivity contribution < 1.29 is 18.0 Å². The topological polar surface area (TPSA) is 64.2 Å². The van der Waals surface area contributed by atoms with Gasteiger partial charge in [0.15, 0.2) is 0 Å². The van der Waals surface area contributed by atoms with Crippen LogP contribution in [0.5, 0.6) is 0 Å². The predicted molar refractivity (Wildman–Crippen MR) is 74.4 cm³/mol. The fourth-order valence-corrected chi connectivity index (χ4v) is 2.60. The van der Waals surface area contributed by atoms with Gasteiger partial charge in [0.05, 0.1) is 30.0 Å². The number of nitrogen functional groups attached to an aromatic ring is 1. The van der Waals surface area contributed by atoms with Gasteiger partial charge in [0.25, 0.3) is 5.91 Å². The Labute approximate surface area is 124 Å². The number of carbonyl (C=O) groups is 1. The fraction of sp³-hybridized carbons (Fsp3) is 0.286. The van der Waals surface area contributed by atoms with Crippen LogP contribution in [0.25, 0.3) is 0 Å². The number of nitrogens with zero attached hydrogens (tertiary/aromatic N) is 3. The molecule has 116 valence electrons. The molecule has 8 heteroatoms. The van der Waals surface area contributed by atoms with E-state index in [1.54, 1.807) is 6.92 Å². The van der Waals surface area contributed by atoms with E-state index >= 15 is 0 Å². The van der Waals surface area contributed by atoms with Gasteiger partial charge < -0.3 is 10.6 Å². The first-order valence-corrected chi connectivity index (χ1v) is 6.61. The van der Waals surface area contributed by atoms with Crippen molar-refractivity contribution in [1.82, 2.24) is 9.78 Å². The first-order valence-electron chi connectivity index (χ1n) is 6.61. The molecule has 3 rings (SSSR count). The van der Waals surface area contributed by atoms with Gasteiger partial charge in [-0.05, 0) is 31.2 Å². The van der Waals surface area contributed by atoms with Crippen molar-refractivity contribution in [3.63, 3.8) is 0 Å². The maximum Gasteiger partial charge on any atom is 0.416 e. The molecule has 0 saturated heterocycles. The molecule has 2 N–H and O–H groups in total. The molecule has 1 unspecified atom stereocenters. The van der Waals surface area contributed by atoms with Gasteiger partial charge in [0.2, 0.25) is 0 Å². The van der Waals surface area contributed by atoms with Gasteiger partial charge in [0.1, 0.15) is 5.69 Å². The number of hydrogen-bond acceptors (Lipinski definition) is 3. The van der Waals surface area contributed by atoms with Crippen molar-refractivity contribution in [2.45, 2.75) is 25.7 Å². The van der Waals surface area contributed by atoms with Crippen molar-refractivity contribution >= 4 is 17.3 Å². The third kappa shape index (κ3) is 2.20. The number of anilines is 2. The Hall–Kier alpha value is -2.51. The molecular weight excluding hydrogens is 297 g/mol. The second kappa shape index (κ2) is 4.75. The van der Waals surface area contributed by atoms with E-state index in [4.69, 9.17) is 5.73 Å². The minimum absolute atomic E-state index is 0.240. The Kier molecular flexibility index (Phi) is 3.12. The second-order valence-corrected chi connectivity index (χ2v) is 5.20. The van der Waals surface area contributed by atoms with Crippen LogP contribution in [0.4, 0.5) is 24.5 Å². The van der Waals surface area contributed by atoms with Crippen molar-refractivity contribution in [2.75, 3.05) is 10.6 Å². The zero-order chi connectivity index (χ0) is 16.1. The Balaban J connectivity index is 1.98. The average Bonchev–Trinajstić information content (AvgIpc) is 2.79. The fourth-order valence-electron chi connectivity index (χ4n) is 2.60. The van der Waals surface area contributed by atoms with Crippen LogP contribution < -0.4 is 10.6 Å². The summed E-state index contributed by atoms with van der Waals surface area (Å²) in [4.78, 5) is 14.0. The molecule has 0 aliphatic carbocycles. The molecule has 0 fully saturated rings. The minimum atomic E-state index is -4.40. The van der Waals surface area contributed by atoms with E-state index in [2.05, 4.69) is 5.10 Å². The molecule has 5 nitrogen and oxygen atoms in total. The summed E-state index contributed by atoms with van der Waals surface area (Å²) >= 11 is 0. The highest BCUT2D eigenvalue weighted by atomic mass is 19.4. The Morgan fingerprint density at radius 1 is 1.27 bits per heavy atom. The zero-order valence-corrected chi connectivity index (χ0v) is 11.6. The van der Waals surface area contributed by atoms with E-state index in [-0.39, 0.29) is 23.3 Å². The van der Waals surface area contributed by atoms with Gasteiger partial charge >= 0.3 is 6.18 Å². The van der Waals surface area contributed by atoms with Gasteiger partial charge in [-0.25, -0.2) is 0 Å². The van der Waals surface area contributed by atoms with Crippen LogP contribution in [0, 0.1) is 0 Å². The lowest BCUT2D eigenvalue weighted by atomic mass is 10.1. The number of carbonyl (C=O) groups excluding carboxylic acids is 1. The summed E-state index contributed by atoms with van der Waals surface area (Å²) in [5.41, 5.74) is 5.91. The average molecular weight is 310 g/mol. The molecule has 0 saturated carbocycles. The number of nitrogens with two attached hydrogens (primary N) is 1. The molecule has 2 heterocycles. The molecule has 1 aromatic heterocycles. The maximum atomic E-state index is 12.6. The van der Waals surface area contributed by atoms with E-state index in [0.29, 0.717) is 12.2 Å². The zero-order valence-electron chi connectivity index (χ0n) is 11.6. The van der Waals surface area contributed by atoms with Crippen LogP contribution in [0.15, 0.2) is 30.5 Å². The SMILES string of the molecule is CC1Cn2ncc(N)c2C(=O)N1c1ccc(C(F)(F)F)cc1. The van der Waals surface area contributed by atoms with Crippen molar-refractivity contribution in [3.05, 3.63) is 41.7 Å². The van der Waals surface area contributed by atoms with Gasteiger partial charge in [-0.15, -0.1) is 0 Å². The number of alkyl halides is 3. The molecule has 0 spiro atoms. The number of amides is 1. The summed E-state index contributed by atoms with van der Waals surface area (Å²) in [6, 6.07) is 4.27. The summed E-state index contributed by atoms with van der Waals surface area (Å²) in [5.74, 6) is -0.367. The van der Waals surface area contributed by atoms with Crippen LogP contribution in [0.3, 0.4) is 0 Å². The molecule has 2 aromatic rings. The van der Waals surface area contributed by atoms with E-state index in [1.807, 2.05) is 0 Å². The summed E-state index contributed by atoms with van der Waals surface area (Å²) < 4.78 is 39.4. The predicted octanol–water partition coefficient (Wildman–Crippen LogP) is 2.53. The number of rotatable bonds is 1. The quantitative estimate of drug-likeness (QED) is 0.880. The highest BCUT2D eigenvalue weighted by Crippen LogP contribution is 2.32. The Bertz CT molecular complexity index is 721. The monoisotopic (exact) mass is 310 g/mol. The third-order valence-corrected chi connectivity index (χ3v) is 3.64. The maximum absolute atomic E-state index is 12.6. The highest BCUT2D eigenvalue weighted by molar-refractivity contribution is 6.09. The van der Waals surface area contributed by atoms with E-state index in [1.165, 1.54) is 27.9 Å². The standard InChI is InChI=1S/C14H13F3N4O/c1-8-7-20-12(11(18)6-19-20)13(22)21(8)10-4-2-9(3-5-10)14(15,16)17/h2-6,8H,7,18H2,1H3. The molecule has 22 heavy (non-hydrogen) atoms. The first kappa shape index (κ1) is 14.4. The van der Waals surface area contributed by atoms with E-state index in [0.717, 1.165) is 12.1 Å². The molecule has 0 radical (unpaired) electrons. The first-order chi connectivity index (χ1) is 10.3.